The van der Waals surface area contributed by atoms with Crippen LogP contribution in [-0.4, -0.2) is 44.1 Å². The van der Waals surface area contributed by atoms with Crippen LogP contribution in [0.1, 0.15) is 13.3 Å². The first kappa shape index (κ1) is 9.96. The molecule has 1 rings (SSSR count). The zero-order valence-corrected chi connectivity index (χ0v) is 7.00. The Morgan fingerprint density at radius 2 is 2.50 bits per heavy atom. The summed E-state index contributed by atoms with van der Waals surface area (Å²) in [5.41, 5.74) is 0. The third kappa shape index (κ3) is 1.78. The molecule has 3 nitrogen and oxygen atoms in total. The second-order valence-electron chi connectivity index (χ2n) is 2.78. The highest BCUT2D eigenvalue weighted by Crippen LogP contribution is 2.32. The van der Waals surface area contributed by atoms with Gasteiger partial charge in [0.2, 0.25) is 0 Å². The summed E-state index contributed by atoms with van der Waals surface area (Å²) in [4.78, 5) is 0. The van der Waals surface area contributed by atoms with Crippen LogP contribution >= 0.6 is 0 Å². The second-order valence-corrected chi connectivity index (χ2v) is 2.78. The summed E-state index contributed by atoms with van der Waals surface area (Å²) in [5, 5.41) is 8.70. The van der Waals surface area contributed by atoms with Crippen molar-refractivity contribution >= 4 is 7.85 Å². The topological polar surface area (TPSA) is 38.7 Å². The minimum absolute atomic E-state index is 0.283. The summed E-state index contributed by atoms with van der Waals surface area (Å²) in [6.45, 7) is 1.42. The summed E-state index contributed by atoms with van der Waals surface area (Å²) in [6, 6.07) is -0.682. The highest BCUT2D eigenvalue weighted by atomic mass is 19.2. The minimum atomic E-state index is -2.12. The van der Waals surface area contributed by atoms with Gasteiger partial charge in [-0.15, -0.1) is 0 Å². The quantitative estimate of drug-likeness (QED) is 0.610. The molecule has 3 atom stereocenters. The Kier molecular flexibility index (Phi) is 3.09. The number of alkyl halides is 1. The maximum Gasteiger partial charge on any atom is 0.258 e. The maximum absolute atomic E-state index is 13.5. The van der Waals surface area contributed by atoms with Crippen LogP contribution in [0.3, 0.4) is 0 Å². The molecule has 0 unspecified atom stereocenters. The van der Waals surface area contributed by atoms with Gasteiger partial charge in [0, 0.05) is 12.6 Å². The van der Waals surface area contributed by atoms with Crippen molar-refractivity contribution in [2.24, 2.45) is 0 Å². The molecule has 12 heavy (non-hydrogen) atoms. The molecule has 0 bridgehead atoms. The van der Waals surface area contributed by atoms with Gasteiger partial charge >= 0.3 is 0 Å². The van der Waals surface area contributed by atoms with E-state index in [1.807, 2.05) is 0 Å². The molecule has 0 amide bonds. The molecule has 1 N–H and O–H groups in total. The third-order valence-electron chi connectivity index (χ3n) is 1.86. The van der Waals surface area contributed by atoms with Crippen LogP contribution in [0.25, 0.3) is 0 Å². The number of hydrogen-bond acceptors (Lipinski definition) is 3. The van der Waals surface area contributed by atoms with Crippen molar-refractivity contribution in [1.29, 1.82) is 0 Å². The Labute approximate surface area is 72.3 Å². The van der Waals surface area contributed by atoms with Gasteiger partial charge in [-0.1, -0.05) is 0 Å². The van der Waals surface area contributed by atoms with Gasteiger partial charge < -0.3 is 14.6 Å². The van der Waals surface area contributed by atoms with E-state index in [4.69, 9.17) is 22.4 Å². The lowest BCUT2D eigenvalue weighted by atomic mass is 9.96. The summed E-state index contributed by atoms with van der Waals surface area (Å²) >= 11 is 0. The molecule has 1 fully saturated rings. The van der Waals surface area contributed by atoms with Gasteiger partial charge in [0.05, 0.1) is 0 Å². The molecule has 1 saturated heterocycles. The van der Waals surface area contributed by atoms with Crippen molar-refractivity contribution < 1.29 is 19.0 Å². The lowest BCUT2D eigenvalue weighted by molar-refractivity contribution is -0.196. The summed E-state index contributed by atoms with van der Waals surface area (Å²) < 4.78 is 23.2. The van der Waals surface area contributed by atoms with Gasteiger partial charge in [-0.05, 0) is 13.3 Å². The molecule has 1 heterocycles. The standard InChI is InChI=1S/C7H12BFO3/c1-2-11-5-3-6(8)12-7(5,9)4-10/h5-6,10H,2-4H2,1H3/t5-,6-,7-/m1/s1. The van der Waals surface area contributed by atoms with E-state index in [-0.39, 0.29) is 6.42 Å². The first-order valence-electron chi connectivity index (χ1n) is 3.97. The van der Waals surface area contributed by atoms with Crippen molar-refractivity contribution in [2.45, 2.75) is 31.3 Å². The van der Waals surface area contributed by atoms with Crippen molar-refractivity contribution in [2.75, 3.05) is 13.2 Å². The molecular formula is C7H12BFO3. The van der Waals surface area contributed by atoms with Gasteiger partial charge in [-0.3, -0.25) is 0 Å². The van der Waals surface area contributed by atoms with E-state index in [2.05, 4.69) is 0 Å². The summed E-state index contributed by atoms with van der Waals surface area (Å²) in [7, 11) is 5.35. The summed E-state index contributed by atoms with van der Waals surface area (Å²) in [6.07, 6.45) is -0.465. The number of halogens is 1. The van der Waals surface area contributed by atoms with Crippen LogP contribution in [0, 0.1) is 0 Å². The fourth-order valence-corrected chi connectivity index (χ4v) is 1.30. The van der Waals surface area contributed by atoms with E-state index in [1.165, 1.54) is 0 Å². The van der Waals surface area contributed by atoms with Gasteiger partial charge in [0.25, 0.3) is 5.85 Å². The van der Waals surface area contributed by atoms with E-state index in [0.29, 0.717) is 6.61 Å². The molecule has 0 aliphatic carbocycles. The van der Waals surface area contributed by atoms with Crippen LogP contribution < -0.4 is 0 Å². The van der Waals surface area contributed by atoms with Crippen LogP contribution in [0.2, 0.25) is 0 Å². The Morgan fingerprint density at radius 3 is 3.00 bits per heavy atom. The molecule has 1 aliphatic heterocycles. The maximum atomic E-state index is 13.5. The second kappa shape index (κ2) is 3.72. The molecule has 0 aromatic carbocycles. The molecule has 1 aliphatic rings. The van der Waals surface area contributed by atoms with Gasteiger partial charge in [-0.2, -0.15) is 0 Å². The van der Waals surface area contributed by atoms with E-state index in [9.17, 15) is 4.39 Å². The fourth-order valence-electron chi connectivity index (χ4n) is 1.30. The highest BCUT2D eigenvalue weighted by Gasteiger charge is 2.48. The third-order valence-corrected chi connectivity index (χ3v) is 1.86. The van der Waals surface area contributed by atoms with Gasteiger partial charge in [0.1, 0.15) is 20.6 Å². The molecule has 5 heteroatoms. The van der Waals surface area contributed by atoms with E-state index < -0.39 is 24.6 Å². The van der Waals surface area contributed by atoms with Crippen molar-refractivity contribution in [3.05, 3.63) is 0 Å². The van der Waals surface area contributed by atoms with Crippen molar-refractivity contribution in [1.82, 2.24) is 0 Å². The minimum Gasteiger partial charge on any atom is -0.390 e. The van der Waals surface area contributed by atoms with E-state index in [0.717, 1.165) is 0 Å². The van der Waals surface area contributed by atoms with Crippen LogP contribution in [-0.2, 0) is 9.47 Å². The number of aliphatic hydroxyl groups is 1. The number of aliphatic hydroxyl groups excluding tert-OH is 1. The molecular weight excluding hydrogens is 162 g/mol. The number of ether oxygens (including phenoxy) is 2. The average molecular weight is 174 g/mol. The highest BCUT2D eigenvalue weighted by molar-refractivity contribution is 6.11. The van der Waals surface area contributed by atoms with Crippen molar-refractivity contribution in [3.8, 4) is 0 Å². The first-order valence-corrected chi connectivity index (χ1v) is 3.97. The largest absolute Gasteiger partial charge is 0.390 e. The molecule has 0 saturated carbocycles. The van der Waals surface area contributed by atoms with Crippen LogP contribution in [0.15, 0.2) is 0 Å². The molecule has 0 aromatic heterocycles. The van der Waals surface area contributed by atoms with Crippen LogP contribution in [0.4, 0.5) is 4.39 Å². The molecule has 0 spiro atoms. The Morgan fingerprint density at radius 1 is 1.83 bits per heavy atom. The Bertz CT molecular complexity index is 158. The lowest BCUT2D eigenvalue weighted by Gasteiger charge is -2.23. The molecule has 2 radical (unpaired) electrons. The summed E-state index contributed by atoms with van der Waals surface area (Å²) in [5.74, 6) is -2.12. The average Bonchev–Trinajstić information content (AvgIpc) is 2.29. The van der Waals surface area contributed by atoms with Gasteiger partial charge in [-0.25, -0.2) is 4.39 Å². The lowest BCUT2D eigenvalue weighted by Crippen LogP contribution is -2.40. The normalized spacial score (nSPS) is 41.9. The van der Waals surface area contributed by atoms with E-state index >= 15 is 0 Å². The zero-order valence-electron chi connectivity index (χ0n) is 7.00. The van der Waals surface area contributed by atoms with Gasteiger partial charge in [0.15, 0.2) is 0 Å². The monoisotopic (exact) mass is 174 g/mol. The number of rotatable bonds is 3. The number of hydrogen-bond donors (Lipinski definition) is 1. The Hall–Kier alpha value is -0.125. The fraction of sp³-hybridized carbons (Fsp3) is 1.00. The predicted octanol–water partition coefficient (Wildman–Crippen LogP) is -0.0355. The molecule has 0 aromatic rings. The van der Waals surface area contributed by atoms with Crippen molar-refractivity contribution in [3.63, 3.8) is 0 Å². The zero-order chi connectivity index (χ0) is 9.19. The first-order chi connectivity index (χ1) is 5.62. The van der Waals surface area contributed by atoms with E-state index in [1.54, 1.807) is 6.92 Å². The van der Waals surface area contributed by atoms with Crippen LogP contribution in [0.5, 0.6) is 0 Å². The SMILES string of the molecule is [B][C@H]1C[C@@H](OCC)[C@@](F)(CO)O1. The smallest absolute Gasteiger partial charge is 0.258 e. The predicted molar refractivity (Wildman–Crippen MR) is 41.6 cm³/mol. The Balaban J connectivity index is 2.58. The molecule has 68 valence electrons.